The van der Waals surface area contributed by atoms with Gasteiger partial charge < -0.3 is 9.80 Å². The molecule has 33 heavy (non-hydrogen) atoms. The molecule has 6 nitrogen and oxygen atoms in total. The van der Waals surface area contributed by atoms with Crippen molar-refractivity contribution in [2.45, 2.75) is 31.9 Å². The van der Waals surface area contributed by atoms with Gasteiger partial charge in [-0.1, -0.05) is 18.2 Å². The number of pyridine rings is 1. The van der Waals surface area contributed by atoms with Crippen molar-refractivity contribution in [1.82, 2.24) is 15.0 Å². The molecular weight excluding hydrogens is 429 g/mol. The summed E-state index contributed by atoms with van der Waals surface area (Å²) in [4.78, 5) is 17.7. The van der Waals surface area contributed by atoms with Crippen LogP contribution in [0.3, 0.4) is 0 Å². The Labute approximate surface area is 189 Å². The van der Waals surface area contributed by atoms with Crippen LogP contribution in [0.25, 0.3) is 10.9 Å². The number of fused-ring (bicyclic) bond motifs is 1. The van der Waals surface area contributed by atoms with Crippen LogP contribution < -0.4 is 9.80 Å². The fourth-order valence-electron chi connectivity index (χ4n) is 4.71. The summed E-state index contributed by atoms with van der Waals surface area (Å²) in [6.45, 7) is 4.34. The highest BCUT2D eigenvalue weighted by molar-refractivity contribution is 5.87. The molecule has 0 amide bonds. The van der Waals surface area contributed by atoms with Crippen LogP contribution in [0.2, 0.25) is 0 Å². The number of alkyl halides is 3. The maximum Gasteiger partial charge on any atom is 0.417 e. The molecule has 0 aliphatic carbocycles. The number of para-hydroxylation sites is 1. The van der Waals surface area contributed by atoms with E-state index >= 15 is 0 Å². The van der Waals surface area contributed by atoms with Crippen LogP contribution in [0.15, 0.2) is 36.7 Å². The molecule has 0 bridgehead atoms. The Morgan fingerprint density at radius 2 is 1.79 bits per heavy atom. The van der Waals surface area contributed by atoms with Gasteiger partial charge in [-0.2, -0.15) is 18.4 Å². The first-order valence-corrected chi connectivity index (χ1v) is 11.0. The van der Waals surface area contributed by atoms with Crippen LogP contribution in [-0.2, 0) is 6.18 Å². The first-order valence-electron chi connectivity index (χ1n) is 11.0. The summed E-state index contributed by atoms with van der Waals surface area (Å²) in [6, 6.07) is 8.37. The number of piperidine rings is 1. The molecule has 9 heteroatoms. The average molecular weight is 452 g/mol. The SMILES string of the molecule is Cc1cccc2c(C(F)(F)F)cc(N3CC(c4nccnc4N4CCC(C#N)CC4)C3)nc12. The number of aryl methyl sites for hydroxylation is 1. The lowest BCUT2D eigenvalue weighted by Crippen LogP contribution is -2.47. The molecule has 0 radical (unpaired) electrons. The third-order valence-electron chi connectivity index (χ3n) is 6.61. The molecule has 2 saturated heterocycles. The van der Waals surface area contributed by atoms with Crippen molar-refractivity contribution < 1.29 is 13.2 Å². The van der Waals surface area contributed by atoms with E-state index in [9.17, 15) is 13.2 Å². The van der Waals surface area contributed by atoms with Crippen molar-refractivity contribution in [3.8, 4) is 6.07 Å². The number of nitrogens with zero attached hydrogens (tertiary/aromatic N) is 6. The second-order valence-electron chi connectivity index (χ2n) is 8.75. The van der Waals surface area contributed by atoms with E-state index in [1.807, 2.05) is 4.90 Å². The predicted octanol–water partition coefficient (Wildman–Crippen LogP) is 4.70. The second kappa shape index (κ2) is 8.18. The van der Waals surface area contributed by atoms with E-state index in [1.54, 1.807) is 31.5 Å². The summed E-state index contributed by atoms with van der Waals surface area (Å²) < 4.78 is 41.3. The Bertz CT molecular complexity index is 1220. The van der Waals surface area contributed by atoms with Crippen molar-refractivity contribution in [2.75, 3.05) is 36.0 Å². The lowest BCUT2D eigenvalue weighted by atomic mass is 9.93. The number of anilines is 2. The molecule has 3 aromatic rings. The third kappa shape index (κ3) is 3.94. The maximum atomic E-state index is 13.8. The fourth-order valence-corrected chi connectivity index (χ4v) is 4.71. The zero-order valence-corrected chi connectivity index (χ0v) is 18.2. The zero-order chi connectivity index (χ0) is 23.2. The minimum absolute atomic E-state index is 0.0612. The van der Waals surface area contributed by atoms with Crippen LogP contribution in [0, 0.1) is 24.2 Å². The van der Waals surface area contributed by atoms with E-state index in [0.29, 0.717) is 30.0 Å². The minimum Gasteiger partial charge on any atom is -0.355 e. The molecule has 170 valence electrons. The molecule has 0 atom stereocenters. The molecule has 0 saturated carbocycles. The van der Waals surface area contributed by atoms with E-state index in [2.05, 4.69) is 25.9 Å². The number of halogens is 3. The normalized spacial score (nSPS) is 17.8. The van der Waals surface area contributed by atoms with Gasteiger partial charge in [0.2, 0.25) is 0 Å². The Kier molecular flexibility index (Phi) is 5.31. The quantitative estimate of drug-likeness (QED) is 0.574. The van der Waals surface area contributed by atoms with Gasteiger partial charge in [-0.15, -0.1) is 0 Å². The molecule has 4 heterocycles. The molecule has 2 fully saturated rings. The molecule has 0 spiro atoms. The lowest BCUT2D eigenvalue weighted by Gasteiger charge is -2.41. The lowest BCUT2D eigenvalue weighted by molar-refractivity contribution is -0.136. The standard InChI is InChI=1S/C24H23F3N6/c1-15-3-2-4-18-19(24(25,26)27)11-20(31-21(15)18)33-13-17(14-33)22-23(30-8-7-29-22)32-9-5-16(12-28)6-10-32/h2-4,7-8,11,16-17H,5-6,9-10,13-14H2,1H3. The molecule has 1 aromatic carbocycles. The highest BCUT2D eigenvalue weighted by Crippen LogP contribution is 2.40. The van der Waals surface area contributed by atoms with Crippen molar-refractivity contribution in [1.29, 1.82) is 5.26 Å². The van der Waals surface area contributed by atoms with Crippen LogP contribution in [0.4, 0.5) is 24.8 Å². The molecule has 2 aromatic heterocycles. The highest BCUT2D eigenvalue weighted by atomic mass is 19.4. The Morgan fingerprint density at radius 3 is 2.48 bits per heavy atom. The van der Waals surface area contributed by atoms with Gasteiger partial charge in [0.05, 0.1) is 22.8 Å². The predicted molar refractivity (Wildman–Crippen MR) is 119 cm³/mol. The summed E-state index contributed by atoms with van der Waals surface area (Å²) >= 11 is 0. The maximum absolute atomic E-state index is 13.8. The number of hydrogen-bond acceptors (Lipinski definition) is 6. The van der Waals surface area contributed by atoms with Crippen molar-refractivity contribution in [3.63, 3.8) is 0 Å². The number of benzene rings is 1. The fraction of sp³-hybridized carbons (Fsp3) is 0.417. The number of rotatable bonds is 3. The summed E-state index contributed by atoms with van der Waals surface area (Å²) in [7, 11) is 0. The van der Waals surface area contributed by atoms with Gasteiger partial charge in [-0.25, -0.2) is 9.97 Å². The van der Waals surface area contributed by atoms with Crippen LogP contribution in [0.5, 0.6) is 0 Å². The van der Waals surface area contributed by atoms with E-state index in [-0.39, 0.29) is 17.2 Å². The average Bonchev–Trinajstić information content (AvgIpc) is 2.78. The second-order valence-corrected chi connectivity index (χ2v) is 8.75. The van der Waals surface area contributed by atoms with Gasteiger partial charge >= 0.3 is 6.18 Å². The van der Waals surface area contributed by atoms with E-state index in [1.165, 1.54) is 6.07 Å². The van der Waals surface area contributed by atoms with E-state index in [4.69, 9.17) is 5.26 Å². The molecule has 2 aliphatic heterocycles. The molecule has 5 rings (SSSR count). The largest absolute Gasteiger partial charge is 0.417 e. The monoisotopic (exact) mass is 452 g/mol. The van der Waals surface area contributed by atoms with Gasteiger partial charge in [0, 0.05) is 55.8 Å². The minimum atomic E-state index is -4.46. The Morgan fingerprint density at radius 1 is 1.06 bits per heavy atom. The molecular formula is C24H23F3N6. The first kappa shape index (κ1) is 21.4. The highest BCUT2D eigenvalue weighted by Gasteiger charge is 2.38. The van der Waals surface area contributed by atoms with Gasteiger partial charge in [0.15, 0.2) is 5.82 Å². The van der Waals surface area contributed by atoms with Gasteiger partial charge in [0.25, 0.3) is 0 Å². The summed E-state index contributed by atoms with van der Waals surface area (Å²) in [6.07, 6.45) is 0.452. The summed E-state index contributed by atoms with van der Waals surface area (Å²) in [5.74, 6) is 1.29. The van der Waals surface area contributed by atoms with Crippen LogP contribution in [0.1, 0.15) is 35.6 Å². The van der Waals surface area contributed by atoms with Crippen LogP contribution in [-0.4, -0.2) is 41.1 Å². The molecule has 0 unspecified atom stereocenters. The van der Waals surface area contributed by atoms with Crippen molar-refractivity contribution >= 4 is 22.5 Å². The topological polar surface area (TPSA) is 68.9 Å². The number of nitriles is 1. The summed E-state index contributed by atoms with van der Waals surface area (Å²) in [5.41, 5.74) is 1.30. The van der Waals surface area contributed by atoms with Crippen molar-refractivity contribution in [3.05, 3.63) is 53.5 Å². The van der Waals surface area contributed by atoms with Gasteiger partial charge in [-0.05, 0) is 31.4 Å². The molecule has 0 N–H and O–H groups in total. The molecule has 2 aliphatic rings. The Balaban J connectivity index is 1.40. The zero-order valence-electron chi connectivity index (χ0n) is 18.2. The third-order valence-corrected chi connectivity index (χ3v) is 6.61. The smallest absolute Gasteiger partial charge is 0.355 e. The van der Waals surface area contributed by atoms with E-state index < -0.39 is 11.7 Å². The summed E-state index contributed by atoms with van der Waals surface area (Å²) in [5, 5.41) is 9.28. The van der Waals surface area contributed by atoms with Crippen molar-refractivity contribution in [2.24, 2.45) is 5.92 Å². The van der Waals surface area contributed by atoms with E-state index in [0.717, 1.165) is 43.5 Å². The van der Waals surface area contributed by atoms with Gasteiger partial charge in [0.1, 0.15) is 5.82 Å². The van der Waals surface area contributed by atoms with Crippen LogP contribution >= 0.6 is 0 Å². The van der Waals surface area contributed by atoms with Gasteiger partial charge in [-0.3, -0.25) is 4.98 Å². The first-order chi connectivity index (χ1) is 15.8. The Hall–Kier alpha value is -3.41. The number of aromatic nitrogens is 3. The number of hydrogen-bond donors (Lipinski definition) is 0.